The SMILES string of the molecule is Cc1ccsc1C(O)c1cc2c(s1)CCCCC2. The maximum Gasteiger partial charge on any atom is 0.123 e. The zero-order valence-electron chi connectivity index (χ0n) is 10.6. The van der Waals surface area contributed by atoms with Crippen LogP contribution in [0.25, 0.3) is 0 Å². The number of aliphatic hydroxyl groups excluding tert-OH is 1. The average molecular weight is 278 g/mol. The van der Waals surface area contributed by atoms with Gasteiger partial charge < -0.3 is 5.11 Å². The number of rotatable bonds is 2. The highest BCUT2D eigenvalue weighted by atomic mass is 32.1. The number of hydrogen-bond donors (Lipinski definition) is 1. The van der Waals surface area contributed by atoms with Crippen molar-refractivity contribution < 1.29 is 5.11 Å². The number of thiophene rings is 2. The molecule has 0 radical (unpaired) electrons. The Kier molecular flexibility index (Phi) is 3.55. The van der Waals surface area contributed by atoms with Gasteiger partial charge in [0.05, 0.1) is 0 Å². The maximum atomic E-state index is 10.5. The second kappa shape index (κ2) is 5.16. The van der Waals surface area contributed by atoms with Gasteiger partial charge in [0.1, 0.15) is 6.10 Å². The summed E-state index contributed by atoms with van der Waals surface area (Å²) >= 11 is 3.48. The number of fused-ring (bicyclic) bond motifs is 1. The topological polar surface area (TPSA) is 20.2 Å². The average Bonchev–Trinajstić information content (AvgIpc) is 2.90. The molecule has 0 saturated heterocycles. The lowest BCUT2D eigenvalue weighted by Crippen LogP contribution is -1.95. The van der Waals surface area contributed by atoms with Crippen LogP contribution in [-0.4, -0.2) is 5.11 Å². The van der Waals surface area contributed by atoms with E-state index < -0.39 is 6.10 Å². The second-order valence-corrected chi connectivity index (χ2v) is 7.14. The minimum absolute atomic E-state index is 0.415. The number of hydrogen-bond acceptors (Lipinski definition) is 3. The van der Waals surface area contributed by atoms with E-state index in [0.717, 1.165) is 9.75 Å². The van der Waals surface area contributed by atoms with Crippen LogP contribution in [0.2, 0.25) is 0 Å². The zero-order valence-corrected chi connectivity index (χ0v) is 12.2. The van der Waals surface area contributed by atoms with Gasteiger partial charge in [-0.05, 0) is 61.2 Å². The summed E-state index contributed by atoms with van der Waals surface area (Å²) in [6.07, 6.45) is 5.95. The molecule has 0 amide bonds. The van der Waals surface area contributed by atoms with Gasteiger partial charge in [-0.15, -0.1) is 22.7 Å². The van der Waals surface area contributed by atoms with Crippen LogP contribution in [0.5, 0.6) is 0 Å². The van der Waals surface area contributed by atoms with E-state index in [1.807, 2.05) is 11.3 Å². The smallest absolute Gasteiger partial charge is 0.123 e. The van der Waals surface area contributed by atoms with Crippen LogP contribution in [0.1, 0.15) is 51.1 Å². The van der Waals surface area contributed by atoms with E-state index in [1.165, 1.54) is 48.1 Å². The molecule has 1 atom stereocenters. The van der Waals surface area contributed by atoms with Gasteiger partial charge in [0, 0.05) is 14.6 Å². The summed E-state index contributed by atoms with van der Waals surface area (Å²) < 4.78 is 0. The van der Waals surface area contributed by atoms with Gasteiger partial charge in [-0.3, -0.25) is 0 Å². The molecule has 0 spiro atoms. The highest BCUT2D eigenvalue weighted by molar-refractivity contribution is 7.13. The van der Waals surface area contributed by atoms with E-state index in [0.29, 0.717) is 0 Å². The van der Waals surface area contributed by atoms with Gasteiger partial charge in [0.2, 0.25) is 0 Å². The molecular weight excluding hydrogens is 260 g/mol. The van der Waals surface area contributed by atoms with Gasteiger partial charge in [-0.25, -0.2) is 0 Å². The van der Waals surface area contributed by atoms with Crippen LogP contribution in [0, 0.1) is 6.92 Å². The van der Waals surface area contributed by atoms with Crippen molar-refractivity contribution in [2.75, 3.05) is 0 Å². The molecule has 3 rings (SSSR count). The van der Waals surface area contributed by atoms with Crippen LogP contribution in [0.15, 0.2) is 17.5 Å². The van der Waals surface area contributed by atoms with Crippen molar-refractivity contribution >= 4 is 22.7 Å². The maximum absolute atomic E-state index is 10.5. The lowest BCUT2D eigenvalue weighted by molar-refractivity contribution is 0.227. The van der Waals surface area contributed by atoms with E-state index in [4.69, 9.17) is 0 Å². The molecule has 2 aromatic heterocycles. The molecule has 1 nitrogen and oxygen atoms in total. The highest BCUT2D eigenvalue weighted by Crippen LogP contribution is 2.37. The first-order valence-electron chi connectivity index (χ1n) is 6.59. The Morgan fingerprint density at radius 3 is 2.83 bits per heavy atom. The van der Waals surface area contributed by atoms with Gasteiger partial charge in [-0.1, -0.05) is 6.42 Å². The first-order chi connectivity index (χ1) is 8.75. The van der Waals surface area contributed by atoms with E-state index >= 15 is 0 Å². The molecule has 0 saturated carbocycles. The highest BCUT2D eigenvalue weighted by Gasteiger charge is 2.20. The lowest BCUT2D eigenvalue weighted by atomic mass is 10.1. The Balaban J connectivity index is 1.91. The molecule has 3 heteroatoms. The molecule has 0 bridgehead atoms. The largest absolute Gasteiger partial charge is 0.382 e. The molecule has 1 aliphatic rings. The Labute approximate surface area is 116 Å². The van der Waals surface area contributed by atoms with Crippen LogP contribution < -0.4 is 0 Å². The van der Waals surface area contributed by atoms with Gasteiger partial charge >= 0.3 is 0 Å². The van der Waals surface area contributed by atoms with E-state index in [9.17, 15) is 5.11 Å². The minimum Gasteiger partial charge on any atom is -0.382 e. The third-order valence-corrected chi connectivity index (χ3v) is 6.05. The van der Waals surface area contributed by atoms with E-state index in [1.54, 1.807) is 11.3 Å². The molecule has 0 aromatic carbocycles. The van der Waals surface area contributed by atoms with Crippen molar-refractivity contribution in [2.45, 2.75) is 45.1 Å². The van der Waals surface area contributed by atoms with Crippen molar-refractivity contribution in [1.82, 2.24) is 0 Å². The first-order valence-corrected chi connectivity index (χ1v) is 8.29. The third kappa shape index (κ3) is 2.27. The summed E-state index contributed by atoms with van der Waals surface area (Å²) in [7, 11) is 0. The summed E-state index contributed by atoms with van der Waals surface area (Å²) in [5.41, 5.74) is 2.69. The molecule has 2 aromatic rings. The predicted octanol–water partition coefficient (Wildman–Crippen LogP) is 4.47. The van der Waals surface area contributed by atoms with E-state index in [2.05, 4.69) is 24.4 Å². The molecule has 1 unspecified atom stereocenters. The molecule has 1 aliphatic carbocycles. The van der Waals surface area contributed by atoms with E-state index in [-0.39, 0.29) is 0 Å². The van der Waals surface area contributed by atoms with Crippen LogP contribution >= 0.6 is 22.7 Å². The Bertz CT molecular complexity index is 515. The van der Waals surface area contributed by atoms with Crippen molar-refractivity contribution in [3.63, 3.8) is 0 Å². The predicted molar refractivity (Wildman–Crippen MR) is 78.7 cm³/mol. The fourth-order valence-electron chi connectivity index (χ4n) is 2.62. The van der Waals surface area contributed by atoms with Crippen molar-refractivity contribution in [1.29, 1.82) is 0 Å². The number of aryl methyl sites for hydroxylation is 3. The summed E-state index contributed by atoms with van der Waals surface area (Å²) in [5, 5.41) is 12.6. The summed E-state index contributed by atoms with van der Waals surface area (Å²) in [4.78, 5) is 3.75. The standard InChI is InChI=1S/C15H18OS2/c1-10-7-8-17-15(10)14(16)13-9-11-5-3-2-4-6-12(11)18-13/h7-9,14,16H,2-6H2,1H3. The summed E-state index contributed by atoms with van der Waals surface area (Å²) in [6.45, 7) is 2.08. The van der Waals surface area contributed by atoms with Gasteiger partial charge in [0.15, 0.2) is 0 Å². The monoisotopic (exact) mass is 278 g/mol. The zero-order chi connectivity index (χ0) is 12.5. The fraction of sp³-hybridized carbons (Fsp3) is 0.467. The second-order valence-electron chi connectivity index (χ2n) is 5.03. The molecule has 0 fully saturated rings. The molecule has 0 aliphatic heterocycles. The normalized spacial score (nSPS) is 17.2. The van der Waals surface area contributed by atoms with Gasteiger partial charge in [0.25, 0.3) is 0 Å². The summed E-state index contributed by atoms with van der Waals surface area (Å²) in [6, 6.07) is 4.33. The third-order valence-electron chi connectivity index (χ3n) is 3.69. The van der Waals surface area contributed by atoms with Crippen molar-refractivity contribution in [3.05, 3.63) is 43.3 Å². The van der Waals surface area contributed by atoms with Gasteiger partial charge in [-0.2, -0.15) is 0 Å². The quantitative estimate of drug-likeness (QED) is 0.804. The first kappa shape index (κ1) is 12.4. The molecular formula is C15H18OS2. The van der Waals surface area contributed by atoms with Crippen molar-refractivity contribution in [2.24, 2.45) is 0 Å². The van der Waals surface area contributed by atoms with Crippen molar-refractivity contribution in [3.8, 4) is 0 Å². The lowest BCUT2D eigenvalue weighted by Gasteiger charge is -2.07. The minimum atomic E-state index is -0.415. The van der Waals surface area contributed by atoms with Crippen LogP contribution in [0.3, 0.4) is 0 Å². The summed E-state index contributed by atoms with van der Waals surface area (Å²) in [5.74, 6) is 0. The Hall–Kier alpha value is -0.640. The van der Waals surface area contributed by atoms with Crippen LogP contribution in [-0.2, 0) is 12.8 Å². The molecule has 18 heavy (non-hydrogen) atoms. The number of aliphatic hydroxyl groups is 1. The molecule has 2 heterocycles. The Morgan fingerprint density at radius 1 is 1.22 bits per heavy atom. The molecule has 96 valence electrons. The Morgan fingerprint density at radius 2 is 2.06 bits per heavy atom. The van der Waals surface area contributed by atoms with Crippen LogP contribution in [0.4, 0.5) is 0 Å². The fourth-order valence-corrected chi connectivity index (χ4v) is 4.88. The molecule has 1 N–H and O–H groups in total.